The average molecular weight is 242 g/mol. The monoisotopic (exact) mass is 242 g/mol. The third kappa shape index (κ3) is 1.71. The smallest absolute Gasteiger partial charge is 0.295 e. The number of aromatic nitrogens is 4. The maximum Gasteiger partial charge on any atom is 0.295 e. The number of nitrogens with zero attached hydrogens (tertiary/aromatic N) is 4. The Labute approximate surface area is 95.7 Å². The topological polar surface area (TPSA) is 52.7 Å². The minimum Gasteiger partial charge on any atom is -0.320 e. The molecule has 0 unspecified atom stereocenters. The van der Waals surface area contributed by atoms with Crippen molar-refractivity contribution >= 4 is 11.2 Å². The summed E-state index contributed by atoms with van der Waals surface area (Å²) >= 11 is 0. The third-order valence-corrected chi connectivity index (χ3v) is 2.60. The molecule has 0 aliphatic carbocycles. The Balaban J connectivity index is 2.82. The molecular formula is C10H12F2N4O. The first-order valence-corrected chi connectivity index (χ1v) is 5.15. The molecule has 17 heavy (non-hydrogen) atoms. The van der Waals surface area contributed by atoms with Crippen LogP contribution in [0.3, 0.4) is 0 Å². The first-order chi connectivity index (χ1) is 7.93. The Morgan fingerprint density at radius 3 is 2.53 bits per heavy atom. The van der Waals surface area contributed by atoms with Crippen LogP contribution < -0.4 is 5.56 Å². The van der Waals surface area contributed by atoms with E-state index in [1.165, 1.54) is 17.9 Å². The van der Waals surface area contributed by atoms with Crippen molar-refractivity contribution in [3.8, 4) is 0 Å². The SMILES string of the molecule is CC(C)n1cnc2nc(C(F)F)n(C)c2c1=O. The van der Waals surface area contributed by atoms with Gasteiger partial charge in [-0.2, -0.15) is 0 Å². The van der Waals surface area contributed by atoms with Crippen LogP contribution in [0.25, 0.3) is 11.2 Å². The van der Waals surface area contributed by atoms with Gasteiger partial charge in [0.1, 0.15) is 6.33 Å². The van der Waals surface area contributed by atoms with E-state index in [1.807, 2.05) is 13.8 Å². The van der Waals surface area contributed by atoms with Crippen molar-refractivity contribution < 1.29 is 8.78 Å². The molecule has 0 atom stereocenters. The number of imidazole rings is 1. The molecule has 0 aliphatic heterocycles. The van der Waals surface area contributed by atoms with E-state index in [9.17, 15) is 13.6 Å². The number of hydrogen-bond acceptors (Lipinski definition) is 3. The zero-order chi connectivity index (χ0) is 12.7. The highest BCUT2D eigenvalue weighted by Gasteiger charge is 2.20. The molecule has 0 spiro atoms. The summed E-state index contributed by atoms with van der Waals surface area (Å²) in [6.07, 6.45) is -1.39. The van der Waals surface area contributed by atoms with Gasteiger partial charge in [-0.1, -0.05) is 0 Å². The van der Waals surface area contributed by atoms with Gasteiger partial charge in [-0.05, 0) is 13.8 Å². The van der Waals surface area contributed by atoms with Crippen molar-refractivity contribution in [1.82, 2.24) is 19.1 Å². The molecule has 0 aromatic carbocycles. The van der Waals surface area contributed by atoms with Gasteiger partial charge in [-0.15, -0.1) is 0 Å². The predicted octanol–water partition coefficient (Wildman–Crippen LogP) is 1.65. The molecule has 2 rings (SSSR count). The summed E-state index contributed by atoms with van der Waals surface area (Å²) in [6, 6.07) is -0.0794. The lowest BCUT2D eigenvalue weighted by molar-refractivity contribution is 0.137. The van der Waals surface area contributed by atoms with Crippen molar-refractivity contribution in [2.75, 3.05) is 0 Å². The van der Waals surface area contributed by atoms with Gasteiger partial charge in [-0.25, -0.2) is 18.7 Å². The summed E-state index contributed by atoms with van der Waals surface area (Å²) in [7, 11) is 1.39. The molecular weight excluding hydrogens is 230 g/mol. The van der Waals surface area contributed by atoms with E-state index in [1.54, 1.807) is 0 Å². The van der Waals surface area contributed by atoms with Crippen LogP contribution in [0.1, 0.15) is 32.1 Å². The van der Waals surface area contributed by atoms with Crippen molar-refractivity contribution in [1.29, 1.82) is 0 Å². The molecule has 2 aromatic heterocycles. The quantitative estimate of drug-likeness (QED) is 0.804. The zero-order valence-electron chi connectivity index (χ0n) is 9.69. The minimum atomic E-state index is -2.72. The van der Waals surface area contributed by atoms with Gasteiger partial charge in [0.15, 0.2) is 17.0 Å². The standard InChI is InChI=1S/C10H12F2N4O/c1-5(2)16-4-13-8-6(10(16)17)15(3)9(14-8)7(11)12/h4-5,7H,1-3H3. The maximum atomic E-state index is 12.6. The second kappa shape index (κ2) is 3.90. The minimum absolute atomic E-state index is 0.0599. The fourth-order valence-corrected chi connectivity index (χ4v) is 1.68. The van der Waals surface area contributed by atoms with Crippen molar-refractivity contribution in [3.05, 3.63) is 22.5 Å². The molecule has 0 saturated carbocycles. The fraction of sp³-hybridized carbons (Fsp3) is 0.500. The van der Waals surface area contributed by atoms with Gasteiger partial charge in [0.25, 0.3) is 12.0 Å². The Morgan fingerprint density at radius 1 is 1.35 bits per heavy atom. The highest BCUT2D eigenvalue weighted by Crippen LogP contribution is 2.19. The van der Waals surface area contributed by atoms with E-state index in [0.29, 0.717) is 0 Å². The molecule has 5 nitrogen and oxygen atoms in total. The molecule has 2 aromatic rings. The van der Waals surface area contributed by atoms with Crippen LogP contribution in [0, 0.1) is 0 Å². The highest BCUT2D eigenvalue weighted by atomic mass is 19.3. The molecule has 0 bridgehead atoms. The molecule has 7 heteroatoms. The van der Waals surface area contributed by atoms with Crippen LogP contribution in [-0.2, 0) is 7.05 Å². The van der Waals surface area contributed by atoms with Crippen LogP contribution >= 0.6 is 0 Å². The Kier molecular flexibility index (Phi) is 2.68. The van der Waals surface area contributed by atoms with Gasteiger partial charge >= 0.3 is 0 Å². The van der Waals surface area contributed by atoms with Crippen molar-refractivity contribution in [2.24, 2.45) is 7.05 Å². The van der Waals surface area contributed by atoms with Gasteiger partial charge < -0.3 is 4.57 Å². The summed E-state index contributed by atoms with van der Waals surface area (Å²) < 4.78 is 27.8. The largest absolute Gasteiger partial charge is 0.320 e. The van der Waals surface area contributed by atoms with Crippen LogP contribution in [0.2, 0.25) is 0 Å². The molecule has 0 N–H and O–H groups in total. The molecule has 0 saturated heterocycles. The number of fused-ring (bicyclic) bond motifs is 1. The van der Waals surface area contributed by atoms with Crippen LogP contribution in [0.4, 0.5) is 8.78 Å². The summed E-state index contributed by atoms with van der Waals surface area (Å²) in [5.41, 5.74) is -0.187. The first kappa shape index (κ1) is 11.7. The number of alkyl halides is 2. The van der Waals surface area contributed by atoms with Crippen molar-refractivity contribution in [2.45, 2.75) is 26.3 Å². The van der Waals surface area contributed by atoms with Gasteiger partial charge in [-0.3, -0.25) is 9.36 Å². The van der Waals surface area contributed by atoms with Crippen LogP contribution in [0.5, 0.6) is 0 Å². The number of hydrogen-bond donors (Lipinski definition) is 0. The van der Waals surface area contributed by atoms with E-state index in [2.05, 4.69) is 9.97 Å². The predicted molar refractivity (Wildman–Crippen MR) is 58.1 cm³/mol. The van der Waals surface area contributed by atoms with E-state index in [0.717, 1.165) is 4.57 Å². The van der Waals surface area contributed by atoms with E-state index >= 15 is 0 Å². The lowest BCUT2D eigenvalue weighted by atomic mass is 10.4. The molecule has 0 aliphatic rings. The number of aryl methyl sites for hydroxylation is 1. The fourth-order valence-electron chi connectivity index (χ4n) is 1.68. The lowest BCUT2D eigenvalue weighted by Crippen LogP contribution is -2.23. The van der Waals surface area contributed by atoms with E-state index < -0.39 is 12.2 Å². The third-order valence-electron chi connectivity index (χ3n) is 2.60. The molecule has 92 valence electrons. The van der Waals surface area contributed by atoms with Gasteiger partial charge in [0.05, 0.1) is 0 Å². The lowest BCUT2D eigenvalue weighted by Gasteiger charge is -2.08. The number of rotatable bonds is 2. The average Bonchev–Trinajstić information content (AvgIpc) is 2.56. The zero-order valence-corrected chi connectivity index (χ0v) is 9.69. The summed E-state index contributed by atoms with van der Waals surface area (Å²) in [6.45, 7) is 3.64. The normalized spacial score (nSPS) is 11.9. The molecule has 0 amide bonds. The second-order valence-electron chi connectivity index (χ2n) is 4.05. The van der Waals surface area contributed by atoms with Crippen LogP contribution in [-0.4, -0.2) is 19.1 Å². The summed E-state index contributed by atoms with van der Waals surface area (Å²) in [5.74, 6) is -0.439. The Morgan fingerprint density at radius 2 is 2.00 bits per heavy atom. The number of halogens is 2. The van der Waals surface area contributed by atoms with Crippen LogP contribution in [0.15, 0.2) is 11.1 Å². The highest BCUT2D eigenvalue weighted by molar-refractivity contribution is 5.70. The molecule has 2 heterocycles. The second-order valence-corrected chi connectivity index (χ2v) is 4.05. The summed E-state index contributed by atoms with van der Waals surface area (Å²) in [5, 5.41) is 0. The summed E-state index contributed by atoms with van der Waals surface area (Å²) in [4.78, 5) is 19.6. The first-order valence-electron chi connectivity index (χ1n) is 5.15. The Hall–Kier alpha value is -1.79. The molecule has 0 radical (unpaired) electrons. The molecule has 0 fully saturated rings. The van der Waals surface area contributed by atoms with E-state index in [4.69, 9.17) is 0 Å². The Bertz CT molecular complexity index is 615. The maximum absolute atomic E-state index is 12.6. The van der Waals surface area contributed by atoms with Gasteiger partial charge in [0.2, 0.25) is 0 Å². The van der Waals surface area contributed by atoms with Gasteiger partial charge in [0, 0.05) is 13.1 Å². The van der Waals surface area contributed by atoms with E-state index in [-0.39, 0.29) is 22.8 Å². The van der Waals surface area contributed by atoms with Crippen molar-refractivity contribution in [3.63, 3.8) is 0 Å².